The summed E-state index contributed by atoms with van der Waals surface area (Å²) in [5.41, 5.74) is 1.63. The molecule has 1 aromatic carbocycles. The smallest absolute Gasteiger partial charge is 0.337 e. The zero-order chi connectivity index (χ0) is 18.8. The third-order valence-electron chi connectivity index (χ3n) is 4.39. The van der Waals surface area contributed by atoms with Crippen LogP contribution in [0.1, 0.15) is 31.7 Å². The largest absolute Gasteiger partial charge is 0.463 e. The van der Waals surface area contributed by atoms with Gasteiger partial charge in [0.25, 0.3) is 5.69 Å². The summed E-state index contributed by atoms with van der Waals surface area (Å²) < 4.78 is 10.3. The zero-order valence-electron chi connectivity index (χ0n) is 14.4. The van der Waals surface area contributed by atoms with Gasteiger partial charge in [-0.3, -0.25) is 10.1 Å². The first-order valence-electron chi connectivity index (χ1n) is 8.30. The van der Waals surface area contributed by atoms with Gasteiger partial charge in [0.1, 0.15) is 6.61 Å². The van der Waals surface area contributed by atoms with Crippen molar-refractivity contribution in [2.45, 2.75) is 26.2 Å². The molecule has 0 amide bonds. The Morgan fingerprint density at radius 2 is 2.12 bits per heavy atom. The standard InChI is InChI=1S/C18H18N2O6/c1-3-11-15(17(21)25-4-2)14(16-12(19-11)9-26-18(16)22)10-7-5-6-8-13(10)20(23)24/h5-8,14,19H,3-4,9H2,1-2H3. The topological polar surface area (TPSA) is 108 Å². The number of benzene rings is 1. The number of nitro benzene ring substituents is 1. The van der Waals surface area contributed by atoms with Crippen LogP contribution in [-0.4, -0.2) is 30.1 Å². The number of nitro groups is 1. The van der Waals surface area contributed by atoms with E-state index in [4.69, 9.17) is 9.47 Å². The van der Waals surface area contributed by atoms with Crippen LogP contribution >= 0.6 is 0 Å². The minimum Gasteiger partial charge on any atom is -0.463 e. The molecule has 0 aromatic heterocycles. The molecule has 2 heterocycles. The summed E-state index contributed by atoms with van der Waals surface area (Å²) in [5, 5.41) is 14.6. The Kier molecular flexibility index (Phi) is 4.75. The van der Waals surface area contributed by atoms with Crippen LogP contribution in [0, 0.1) is 10.1 Å². The molecule has 8 nitrogen and oxygen atoms in total. The quantitative estimate of drug-likeness (QED) is 0.489. The van der Waals surface area contributed by atoms with Crippen LogP contribution in [0.2, 0.25) is 0 Å². The van der Waals surface area contributed by atoms with E-state index in [9.17, 15) is 19.7 Å². The van der Waals surface area contributed by atoms with E-state index in [1.54, 1.807) is 25.1 Å². The first-order chi connectivity index (χ1) is 12.5. The van der Waals surface area contributed by atoms with Crippen LogP contribution in [0.3, 0.4) is 0 Å². The molecule has 26 heavy (non-hydrogen) atoms. The van der Waals surface area contributed by atoms with Crippen LogP contribution in [0.5, 0.6) is 0 Å². The van der Waals surface area contributed by atoms with Crippen LogP contribution in [-0.2, 0) is 19.1 Å². The number of nitrogens with one attached hydrogen (secondary N) is 1. The normalized spacial score (nSPS) is 19.0. The molecule has 1 atom stereocenters. The lowest BCUT2D eigenvalue weighted by molar-refractivity contribution is -0.385. The molecule has 0 radical (unpaired) electrons. The lowest BCUT2D eigenvalue weighted by Crippen LogP contribution is -2.31. The number of carbonyl (C=O) groups excluding carboxylic acids is 2. The fourth-order valence-electron chi connectivity index (χ4n) is 3.32. The van der Waals surface area contributed by atoms with Gasteiger partial charge in [-0.2, -0.15) is 0 Å². The summed E-state index contributed by atoms with van der Waals surface area (Å²) in [7, 11) is 0. The predicted octanol–water partition coefficient (Wildman–Crippen LogP) is 2.32. The van der Waals surface area contributed by atoms with Gasteiger partial charge in [0.15, 0.2) is 0 Å². The summed E-state index contributed by atoms with van der Waals surface area (Å²) in [5.74, 6) is -2.10. The molecular weight excluding hydrogens is 340 g/mol. The van der Waals surface area contributed by atoms with E-state index in [-0.39, 0.29) is 35.6 Å². The second-order valence-corrected chi connectivity index (χ2v) is 5.81. The first-order valence-corrected chi connectivity index (χ1v) is 8.30. The number of rotatable bonds is 5. The molecule has 1 unspecified atom stereocenters. The number of dihydropyridines is 1. The van der Waals surface area contributed by atoms with Crippen molar-refractivity contribution < 1.29 is 24.0 Å². The van der Waals surface area contributed by atoms with Crippen molar-refractivity contribution in [1.82, 2.24) is 5.32 Å². The molecule has 1 N–H and O–H groups in total. The Balaban J connectivity index is 2.26. The molecule has 2 aliphatic heterocycles. The number of hydrogen-bond acceptors (Lipinski definition) is 7. The number of allylic oxidation sites excluding steroid dienone is 1. The van der Waals surface area contributed by atoms with Gasteiger partial charge in [-0.25, -0.2) is 9.59 Å². The van der Waals surface area contributed by atoms with Crippen molar-refractivity contribution in [3.05, 3.63) is 62.5 Å². The number of cyclic esters (lactones) is 1. The van der Waals surface area contributed by atoms with E-state index in [2.05, 4.69) is 5.32 Å². The second-order valence-electron chi connectivity index (χ2n) is 5.81. The lowest BCUT2D eigenvalue weighted by atomic mass is 9.79. The van der Waals surface area contributed by atoms with Crippen molar-refractivity contribution in [3.63, 3.8) is 0 Å². The molecule has 0 saturated heterocycles. The number of hydrogen-bond donors (Lipinski definition) is 1. The van der Waals surface area contributed by atoms with E-state index < -0.39 is 22.8 Å². The third kappa shape index (κ3) is 2.83. The maximum Gasteiger partial charge on any atom is 0.337 e. The van der Waals surface area contributed by atoms with Crippen molar-refractivity contribution >= 4 is 17.6 Å². The van der Waals surface area contributed by atoms with E-state index in [0.717, 1.165) is 0 Å². The summed E-state index contributed by atoms with van der Waals surface area (Å²) in [6, 6.07) is 6.09. The average Bonchev–Trinajstić information content (AvgIpc) is 3.01. The molecular formula is C18H18N2O6. The van der Waals surface area contributed by atoms with Gasteiger partial charge in [0, 0.05) is 17.3 Å². The minimum absolute atomic E-state index is 0.0465. The molecule has 0 spiro atoms. The van der Waals surface area contributed by atoms with Crippen molar-refractivity contribution in [2.75, 3.05) is 13.2 Å². The highest BCUT2D eigenvalue weighted by atomic mass is 16.6. The van der Waals surface area contributed by atoms with Gasteiger partial charge in [-0.05, 0) is 13.3 Å². The fourth-order valence-corrected chi connectivity index (χ4v) is 3.32. The van der Waals surface area contributed by atoms with Gasteiger partial charge >= 0.3 is 11.9 Å². The maximum absolute atomic E-state index is 12.7. The molecule has 2 aliphatic rings. The van der Waals surface area contributed by atoms with Crippen LogP contribution in [0.15, 0.2) is 46.8 Å². The molecule has 1 aromatic rings. The van der Waals surface area contributed by atoms with Crippen molar-refractivity contribution in [1.29, 1.82) is 0 Å². The number of carbonyl (C=O) groups is 2. The maximum atomic E-state index is 12.7. The molecule has 3 rings (SSSR count). The number of para-hydroxylation sites is 1. The predicted molar refractivity (Wildman–Crippen MR) is 90.9 cm³/mol. The SMILES string of the molecule is CCOC(=O)C1=C(CC)NC2=C(C(=O)OC2)C1c1ccccc1[N+](=O)[O-]. The van der Waals surface area contributed by atoms with Crippen LogP contribution < -0.4 is 5.32 Å². The highest BCUT2D eigenvalue weighted by Gasteiger charge is 2.44. The Bertz CT molecular complexity index is 855. The summed E-state index contributed by atoms with van der Waals surface area (Å²) in [4.78, 5) is 36.0. The minimum atomic E-state index is -0.906. The van der Waals surface area contributed by atoms with Gasteiger partial charge in [0.05, 0.1) is 34.3 Å². The molecule has 0 aliphatic carbocycles. The molecule has 0 bridgehead atoms. The zero-order valence-corrected chi connectivity index (χ0v) is 14.4. The summed E-state index contributed by atoms with van der Waals surface area (Å²) in [6.07, 6.45) is 0.469. The third-order valence-corrected chi connectivity index (χ3v) is 4.39. The number of esters is 2. The molecule has 136 valence electrons. The van der Waals surface area contributed by atoms with E-state index in [1.807, 2.05) is 6.92 Å². The average molecular weight is 358 g/mol. The van der Waals surface area contributed by atoms with Gasteiger partial charge in [-0.15, -0.1) is 0 Å². The summed E-state index contributed by atoms with van der Waals surface area (Å²) in [6.45, 7) is 3.72. The first kappa shape index (κ1) is 17.7. The van der Waals surface area contributed by atoms with Gasteiger partial charge < -0.3 is 14.8 Å². The van der Waals surface area contributed by atoms with E-state index >= 15 is 0 Å². The Hall–Kier alpha value is -3.16. The second kappa shape index (κ2) is 6.99. The van der Waals surface area contributed by atoms with Gasteiger partial charge in [0.2, 0.25) is 0 Å². The van der Waals surface area contributed by atoms with E-state index in [0.29, 0.717) is 17.8 Å². The van der Waals surface area contributed by atoms with Crippen molar-refractivity contribution in [3.8, 4) is 0 Å². The molecule has 8 heteroatoms. The van der Waals surface area contributed by atoms with Crippen LogP contribution in [0.4, 0.5) is 5.69 Å². The lowest BCUT2D eigenvalue weighted by Gasteiger charge is -2.28. The van der Waals surface area contributed by atoms with Crippen LogP contribution in [0.25, 0.3) is 0 Å². The van der Waals surface area contributed by atoms with Crippen molar-refractivity contribution in [2.24, 2.45) is 0 Å². The highest BCUT2D eigenvalue weighted by Crippen LogP contribution is 2.44. The Morgan fingerprint density at radius 1 is 1.38 bits per heavy atom. The van der Waals surface area contributed by atoms with E-state index in [1.165, 1.54) is 6.07 Å². The summed E-state index contributed by atoms with van der Waals surface area (Å²) >= 11 is 0. The number of nitrogens with zero attached hydrogens (tertiary/aromatic N) is 1. The monoisotopic (exact) mass is 358 g/mol. The Morgan fingerprint density at radius 3 is 2.77 bits per heavy atom. The molecule has 0 fully saturated rings. The number of ether oxygens (including phenoxy) is 2. The molecule has 0 saturated carbocycles. The Labute approximate surface area is 149 Å². The highest BCUT2D eigenvalue weighted by molar-refractivity contribution is 6.01. The van der Waals surface area contributed by atoms with Gasteiger partial charge in [-0.1, -0.05) is 25.1 Å². The fraction of sp³-hybridized carbons (Fsp3) is 0.333.